The number of benzene rings is 2. The Kier molecular flexibility index (Phi) is 3.40. The first-order chi connectivity index (χ1) is 9.58. The summed E-state index contributed by atoms with van der Waals surface area (Å²) in [6.45, 7) is 1.96. The molecule has 20 heavy (non-hydrogen) atoms. The first kappa shape index (κ1) is 13.4. The largest absolute Gasteiger partial charge is 0.360 e. The average Bonchev–Trinajstić information content (AvgIpc) is 2.86. The number of fused-ring (bicyclic) bond motifs is 1. The number of aryl methyl sites for hydroxylation is 1. The Bertz CT molecular complexity index is 822. The zero-order valence-electron chi connectivity index (χ0n) is 10.7. The fourth-order valence-electron chi connectivity index (χ4n) is 2.26. The van der Waals surface area contributed by atoms with Gasteiger partial charge in [0.2, 0.25) is 0 Å². The van der Waals surface area contributed by atoms with Crippen molar-refractivity contribution in [2.45, 2.75) is 6.92 Å². The van der Waals surface area contributed by atoms with E-state index in [1.54, 1.807) is 12.3 Å². The molecule has 0 aliphatic rings. The molecule has 100 valence electrons. The molecular formula is C16H11BrClNO. The summed E-state index contributed by atoms with van der Waals surface area (Å²) >= 11 is 9.65. The number of halogens is 2. The second kappa shape index (κ2) is 5.08. The quantitative estimate of drug-likeness (QED) is 0.640. The van der Waals surface area contributed by atoms with Gasteiger partial charge in [-0.05, 0) is 42.8 Å². The third-order valence-corrected chi connectivity index (χ3v) is 4.52. The van der Waals surface area contributed by atoms with Crippen molar-refractivity contribution >= 4 is 44.2 Å². The maximum absolute atomic E-state index is 12.6. The average molecular weight is 349 g/mol. The zero-order chi connectivity index (χ0) is 14.3. The fraction of sp³-hybridized carbons (Fsp3) is 0.0625. The fourth-order valence-corrected chi connectivity index (χ4v) is 2.78. The van der Waals surface area contributed by atoms with Gasteiger partial charge in [0.25, 0.3) is 0 Å². The minimum Gasteiger partial charge on any atom is -0.360 e. The van der Waals surface area contributed by atoms with Crippen LogP contribution in [0.3, 0.4) is 0 Å². The lowest BCUT2D eigenvalue weighted by Gasteiger charge is -2.04. The molecule has 0 atom stereocenters. The van der Waals surface area contributed by atoms with Crippen LogP contribution < -0.4 is 0 Å². The molecule has 0 radical (unpaired) electrons. The summed E-state index contributed by atoms with van der Waals surface area (Å²) in [5.41, 5.74) is 3.16. The maximum Gasteiger partial charge on any atom is 0.195 e. The van der Waals surface area contributed by atoms with Crippen molar-refractivity contribution < 1.29 is 4.79 Å². The van der Waals surface area contributed by atoms with Crippen LogP contribution in [0.25, 0.3) is 10.9 Å². The first-order valence-electron chi connectivity index (χ1n) is 6.14. The van der Waals surface area contributed by atoms with Gasteiger partial charge >= 0.3 is 0 Å². The number of hydrogen-bond acceptors (Lipinski definition) is 1. The number of hydrogen-bond donors (Lipinski definition) is 1. The molecule has 0 aliphatic carbocycles. The monoisotopic (exact) mass is 347 g/mol. The van der Waals surface area contributed by atoms with E-state index in [2.05, 4.69) is 20.9 Å². The zero-order valence-corrected chi connectivity index (χ0v) is 13.0. The second-order valence-electron chi connectivity index (χ2n) is 4.66. The summed E-state index contributed by atoms with van der Waals surface area (Å²) < 4.78 is 0.992. The third kappa shape index (κ3) is 2.17. The third-order valence-electron chi connectivity index (χ3n) is 3.32. The van der Waals surface area contributed by atoms with Gasteiger partial charge in [-0.1, -0.05) is 33.6 Å². The Morgan fingerprint density at radius 3 is 2.80 bits per heavy atom. The number of carbonyl (C=O) groups is 1. The molecule has 0 aliphatic heterocycles. The lowest BCUT2D eigenvalue weighted by molar-refractivity contribution is 0.104. The number of ketones is 1. The van der Waals surface area contributed by atoms with E-state index < -0.39 is 0 Å². The van der Waals surface area contributed by atoms with E-state index >= 15 is 0 Å². The van der Waals surface area contributed by atoms with Crippen molar-refractivity contribution in [3.63, 3.8) is 0 Å². The second-order valence-corrected chi connectivity index (χ2v) is 5.92. The number of carbonyl (C=O) groups excluding carboxylic acids is 1. The lowest BCUT2D eigenvalue weighted by atomic mass is 10.0. The highest BCUT2D eigenvalue weighted by atomic mass is 79.9. The molecule has 4 heteroatoms. The molecular weight excluding hydrogens is 338 g/mol. The molecule has 0 fully saturated rings. The Labute approximate surface area is 129 Å². The summed E-state index contributed by atoms with van der Waals surface area (Å²) in [7, 11) is 0. The Balaban J connectivity index is 2.15. The summed E-state index contributed by atoms with van der Waals surface area (Å²) in [5, 5.41) is 1.36. The minimum absolute atomic E-state index is 0.0278. The smallest absolute Gasteiger partial charge is 0.195 e. The number of rotatable bonds is 2. The number of nitrogens with one attached hydrogen (secondary N) is 1. The number of aromatic amines is 1. The van der Waals surface area contributed by atoms with Crippen molar-refractivity contribution in [3.8, 4) is 0 Å². The first-order valence-corrected chi connectivity index (χ1v) is 7.31. The van der Waals surface area contributed by atoms with Gasteiger partial charge in [-0.15, -0.1) is 0 Å². The van der Waals surface area contributed by atoms with E-state index in [-0.39, 0.29) is 5.78 Å². The van der Waals surface area contributed by atoms with Crippen LogP contribution in [-0.2, 0) is 0 Å². The van der Waals surface area contributed by atoms with Crippen LogP contribution in [0.2, 0.25) is 5.02 Å². The Morgan fingerprint density at radius 2 is 2.05 bits per heavy atom. The van der Waals surface area contributed by atoms with Crippen molar-refractivity contribution in [1.82, 2.24) is 4.98 Å². The van der Waals surface area contributed by atoms with Gasteiger partial charge in [0, 0.05) is 32.7 Å². The highest BCUT2D eigenvalue weighted by Gasteiger charge is 2.16. The van der Waals surface area contributed by atoms with Gasteiger partial charge in [0.1, 0.15) is 0 Å². The van der Waals surface area contributed by atoms with Crippen molar-refractivity contribution in [1.29, 1.82) is 0 Å². The topological polar surface area (TPSA) is 32.9 Å². The molecule has 2 nitrogen and oxygen atoms in total. The van der Waals surface area contributed by atoms with E-state index in [1.807, 2.05) is 37.3 Å². The summed E-state index contributed by atoms with van der Waals surface area (Å²) in [5.74, 6) is -0.0278. The van der Waals surface area contributed by atoms with Gasteiger partial charge in [-0.2, -0.15) is 0 Å². The maximum atomic E-state index is 12.6. The molecule has 1 aromatic heterocycles. The molecule has 0 saturated heterocycles. The van der Waals surface area contributed by atoms with Crippen LogP contribution in [0.1, 0.15) is 21.5 Å². The van der Waals surface area contributed by atoms with Gasteiger partial charge in [0.05, 0.1) is 5.02 Å². The molecule has 0 bridgehead atoms. The standard InChI is InChI=1S/C16H11BrClNO/c1-9-7-10(5-6-12(9)17)16(20)11-8-19-14-4-2-3-13(18)15(11)14/h2-8,19H,1H3. The van der Waals surface area contributed by atoms with Gasteiger partial charge < -0.3 is 4.98 Å². The normalized spacial score (nSPS) is 10.9. The molecule has 2 aromatic carbocycles. The summed E-state index contributed by atoms with van der Waals surface area (Å²) in [4.78, 5) is 15.7. The molecule has 0 amide bonds. The molecule has 3 aromatic rings. The SMILES string of the molecule is Cc1cc(C(=O)c2c[nH]c3cccc(Cl)c23)ccc1Br. The van der Waals surface area contributed by atoms with E-state index in [9.17, 15) is 4.79 Å². The van der Waals surface area contributed by atoms with Crippen molar-refractivity contribution in [3.05, 3.63) is 68.8 Å². The van der Waals surface area contributed by atoms with Crippen molar-refractivity contribution in [2.24, 2.45) is 0 Å². The van der Waals surface area contributed by atoms with E-state index in [4.69, 9.17) is 11.6 Å². The van der Waals surface area contributed by atoms with Crippen LogP contribution in [-0.4, -0.2) is 10.8 Å². The number of aromatic nitrogens is 1. The van der Waals surface area contributed by atoms with E-state index in [1.165, 1.54) is 0 Å². The molecule has 0 saturated carbocycles. The molecule has 1 heterocycles. The van der Waals surface area contributed by atoms with Crippen LogP contribution in [0.15, 0.2) is 47.1 Å². The van der Waals surface area contributed by atoms with E-state index in [0.717, 1.165) is 20.9 Å². The van der Waals surface area contributed by atoms with Crippen LogP contribution in [0.4, 0.5) is 0 Å². The molecule has 0 spiro atoms. The van der Waals surface area contributed by atoms with Gasteiger partial charge in [-0.3, -0.25) is 4.79 Å². The number of H-pyrrole nitrogens is 1. The highest BCUT2D eigenvalue weighted by molar-refractivity contribution is 9.10. The van der Waals surface area contributed by atoms with Crippen LogP contribution >= 0.6 is 27.5 Å². The van der Waals surface area contributed by atoms with Crippen molar-refractivity contribution in [2.75, 3.05) is 0 Å². The van der Waals surface area contributed by atoms with Crippen LogP contribution in [0, 0.1) is 6.92 Å². The van der Waals surface area contributed by atoms with Gasteiger partial charge in [0.15, 0.2) is 5.78 Å². The molecule has 1 N–H and O–H groups in total. The Morgan fingerprint density at radius 1 is 1.25 bits per heavy atom. The predicted molar refractivity (Wildman–Crippen MR) is 85.6 cm³/mol. The Hall–Kier alpha value is -1.58. The van der Waals surface area contributed by atoms with E-state index in [0.29, 0.717) is 16.1 Å². The highest BCUT2D eigenvalue weighted by Crippen LogP contribution is 2.29. The van der Waals surface area contributed by atoms with Crippen LogP contribution in [0.5, 0.6) is 0 Å². The molecule has 0 unspecified atom stereocenters. The minimum atomic E-state index is -0.0278. The lowest BCUT2D eigenvalue weighted by Crippen LogP contribution is -2.01. The summed E-state index contributed by atoms with van der Waals surface area (Å²) in [6.07, 6.45) is 1.72. The van der Waals surface area contributed by atoms with Gasteiger partial charge in [-0.25, -0.2) is 0 Å². The summed E-state index contributed by atoms with van der Waals surface area (Å²) in [6, 6.07) is 11.1. The molecule has 3 rings (SSSR count). The predicted octanol–water partition coefficient (Wildman–Crippen LogP) is 5.12.